The summed E-state index contributed by atoms with van der Waals surface area (Å²) in [5, 5.41) is 14.0. The highest BCUT2D eigenvalue weighted by Crippen LogP contribution is 2.25. The molecular formula is C53H68Br2N8O5. The van der Waals surface area contributed by atoms with Crippen molar-refractivity contribution in [1.82, 2.24) is 25.9 Å². The largest absolute Gasteiger partial charge is 0.468 e. The number of amides is 1. The monoisotopic (exact) mass is 1060 g/mol. The van der Waals surface area contributed by atoms with Gasteiger partial charge in [-0.05, 0) is 125 Å². The fourth-order valence-electron chi connectivity index (χ4n) is 8.12. The van der Waals surface area contributed by atoms with E-state index >= 15 is 0 Å². The van der Waals surface area contributed by atoms with Gasteiger partial charge in [0.15, 0.2) is 0 Å². The highest BCUT2D eigenvalue weighted by molar-refractivity contribution is 9.10. The van der Waals surface area contributed by atoms with Crippen LogP contribution in [-0.4, -0.2) is 93.4 Å². The Hall–Kier alpha value is -5.45. The Labute approximate surface area is 419 Å². The highest BCUT2D eigenvalue weighted by atomic mass is 79.9. The van der Waals surface area contributed by atoms with Gasteiger partial charge in [-0.1, -0.05) is 82.6 Å². The van der Waals surface area contributed by atoms with E-state index in [4.69, 9.17) is 10.5 Å². The maximum atomic E-state index is 12.9. The number of nitrogens with zero attached hydrogens (tertiary/aromatic N) is 4. The predicted octanol–water partition coefficient (Wildman–Crippen LogP) is 9.05. The van der Waals surface area contributed by atoms with Crippen LogP contribution in [0.3, 0.4) is 0 Å². The molecule has 6 aromatic rings. The summed E-state index contributed by atoms with van der Waals surface area (Å²) in [5.41, 5.74) is 10.4. The van der Waals surface area contributed by atoms with Gasteiger partial charge in [0.25, 0.3) is 0 Å². The number of hydrogen-bond donors (Lipinski definition) is 4. The van der Waals surface area contributed by atoms with Crippen LogP contribution in [0, 0.1) is 11.8 Å². The normalized spacial score (nSPS) is 14.9. The van der Waals surface area contributed by atoms with Gasteiger partial charge < -0.3 is 41.0 Å². The molecule has 364 valence electrons. The van der Waals surface area contributed by atoms with Gasteiger partial charge in [-0.2, -0.15) is 0 Å². The molecule has 0 spiro atoms. The lowest BCUT2D eigenvalue weighted by Crippen LogP contribution is -2.51. The van der Waals surface area contributed by atoms with Crippen LogP contribution in [0.15, 0.2) is 131 Å². The van der Waals surface area contributed by atoms with Gasteiger partial charge in [0.05, 0.1) is 14.2 Å². The molecule has 15 heteroatoms. The Balaban J connectivity index is 0.000000250. The molecule has 68 heavy (non-hydrogen) atoms. The zero-order valence-electron chi connectivity index (χ0n) is 38.5. The first kappa shape index (κ1) is 53.5. The lowest BCUT2D eigenvalue weighted by molar-refractivity contribution is -0.145. The Morgan fingerprint density at radius 2 is 1.07 bits per heavy atom. The van der Waals surface area contributed by atoms with Crippen LogP contribution in [0.25, 0.3) is 21.5 Å². The Morgan fingerprint density at radius 1 is 0.647 bits per heavy atom. The number of piperidine rings is 2. The van der Waals surface area contributed by atoms with Crippen molar-refractivity contribution in [1.29, 1.82) is 0 Å². The standard InChI is InChI=1S/C26H29BrN4O3.C15H17BrN2O2.C11H16N2.CH4.H2/c1-34-26(33)24(17-29-16-18-2-3-21-15-22(27)5-4-20(21)14-18)30-25(32)19-8-12-31(13-9-19)23-6-10-28-11-7-23;1-20-15(19)14(17)9-18-8-10-2-3-12-7-13(16)5-4-11(12)6-10;1-10-4-8-13(9-5-10)11-2-6-12-7-3-11;;/h2-7,10-11,14-15,19,24,29H,8-9,12-13,16-17H2,1H3,(H,30,32);2-7,14,18H,8-9,17H2,1H3;2-3,6-7,10H,4-5,8-9H2,1H3;1H4;1H/i;;;;1+1. The van der Waals surface area contributed by atoms with E-state index in [1.54, 1.807) is 12.4 Å². The van der Waals surface area contributed by atoms with E-state index < -0.39 is 24.0 Å². The third kappa shape index (κ3) is 16.4. The van der Waals surface area contributed by atoms with E-state index in [0.29, 0.717) is 26.2 Å². The minimum Gasteiger partial charge on any atom is -0.468 e. The fraction of sp³-hybridized carbons (Fsp3) is 0.377. The summed E-state index contributed by atoms with van der Waals surface area (Å²) in [6, 6.07) is 31.7. The van der Waals surface area contributed by atoms with Crippen molar-refractivity contribution >= 4 is 82.6 Å². The number of aromatic nitrogens is 2. The van der Waals surface area contributed by atoms with Gasteiger partial charge in [0.2, 0.25) is 5.91 Å². The Kier molecular flexibility index (Phi) is 21.7. The number of methoxy groups -OCH3 is 2. The van der Waals surface area contributed by atoms with E-state index in [2.05, 4.69) is 152 Å². The van der Waals surface area contributed by atoms with E-state index in [9.17, 15) is 14.4 Å². The molecule has 0 bridgehead atoms. The number of halogens is 2. The molecule has 0 saturated carbocycles. The van der Waals surface area contributed by atoms with Crippen LogP contribution in [0.4, 0.5) is 11.4 Å². The van der Waals surface area contributed by atoms with E-state index in [1.165, 1.54) is 56.6 Å². The molecule has 8 rings (SSSR count). The number of nitrogens with two attached hydrogens (primary N) is 1. The van der Waals surface area contributed by atoms with Crippen molar-refractivity contribution in [2.24, 2.45) is 17.6 Å². The van der Waals surface area contributed by atoms with Crippen molar-refractivity contribution in [3.63, 3.8) is 0 Å². The van der Waals surface area contributed by atoms with Gasteiger partial charge in [-0.25, -0.2) is 4.79 Å². The minimum atomic E-state index is -0.730. The highest BCUT2D eigenvalue weighted by Gasteiger charge is 2.29. The summed E-state index contributed by atoms with van der Waals surface area (Å²) < 4.78 is 11.6. The maximum Gasteiger partial charge on any atom is 0.329 e. The number of pyridine rings is 2. The second kappa shape index (κ2) is 27.5. The molecule has 5 N–H and O–H groups in total. The Morgan fingerprint density at radius 3 is 1.54 bits per heavy atom. The van der Waals surface area contributed by atoms with Crippen molar-refractivity contribution in [3.05, 3.63) is 142 Å². The molecule has 2 aliphatic rings. The first-order valence-corrected chi connectivity index (χ1v) is 24.4. The van der Waals surface area contributed by atoms with Gasteiger partial charge in [-0.15, -0.1) is 0 Å². The summed E-state index contributed by atoms with van der Waals surface area (Å²) in [7, 11) is 2.68. The van der Waals surface area contributed by atoms with Crippen LogP contribution < -0.4 is 31.5 Å². The fourth-order valence-corrected chi connectivity index (χ4v) is 8.88. The maximum absolute atomic E-state index is 12.9. The quantitative estimate of drug-likeness (QED) is 0.0767. The molecule has 0 radical (unpaired) electrons. The minimum absolute atomic E-state index is 0. The summed E-state index contributed by atoms with van der Waals surface area (Å²) in [6.45, 7) is 8.26. The number of hydrogen-bond acceptors (Lipinski definition) is 12. The van der Waals surface area contributed by atoms with Gasteiger partial charge >= 0.3 is 11.9 Å². The van der Waals surface area contributed by atoms with Crippen molar-refractivity contribution < 1.29 is 25.3 Å². The zero-order valence-corrected chi connectivity index (χ0v) is 41.7. The molecule has 2 atom stereocenters. The number of carbonyl (C=O) groups is 3. The summed E-state index contributed by atoms with van der Waals surface area (Å²) in [5.74, 6) is -0.162. The summed E-state index contributed by atoms with van der Waals surface area (Å²) in [6.07, 6.45) is 11.4. The van der Waals surface area contributed by atoms with Crippen LogP contribution in [0.5, 0.6) is 0 Å². The average Bonchev–Trinajstić information content (AvgIpc) is 3.36. The lowest BCUT2D eigenvalue weighted by atomic mass is 9.95. The molecule has 13 nitrogen and oxygen atoms in total. The average molecular weight is 1060 g/mol. The summed E-state index contributed by atoms with van der Waals surface area (Å²) in [4.78, 5) is 49.2. The SMILES string of the molecule is C.CC1CCN(c2ccncc2)CC1.COC(=O)C(CNCc1ccc2cc(Br)ccc2c1)NC(=O)C1CCN(c2ccncc2)CC1.COC(=O)C(N)CNCc1ccc2cc(Br)ccc2c1.[2HH]. The number of ether oxygens (including phenoxy) is 2. The van der Waals surface area contributed by atoms with Gasteiger partial charge in [-0.3, -0.25) is 19.6 Å². The number of rotatable bonds is 14. The number of nitrogens with one attached hydrogen (secondary N) is 3. The Bertz CT molecular complexity index is 2510. The number of carbonyl (C=O) groups excluding carboxylic acids is 3. The molecule has 4 aromatic carbocycles. The van der Waals surface area contributed by atoms with Crippen LogP contribution in [0.2, 0.25) is 0 Å². The molecule has 1 amide bonds. The molecule has 2 aliphatic heterocycles. The molecular weight excluding hydrogens is 988 g/mol. The first-order valence-electron chi connectivity index (χ1n) is 22.8. The lowest BCUT2D eigenvalue weighted by Gasteiger charge is -2.33. The molecule has 2 saturated heterocycles. The smallest absolute Gasteiger partial charge is 0.329 e. The predicted molar refractivity (Wildman–Crippen MR) is 284 cm³/mol. The van der Waals surface area contributed by atoms with E-state index in [-0.39, 0.29) is 20.7 Å². The van der Waals surface area contributed by atoms with Gasteiger partial charge in [0, 0.05) is 105 Å². The van der Waals surface area contributed by atoms with Crippen molar-refractivity contribution in [3.8, 4) is 0 Å². The van der Waals surface area contributed by atoms with E-state index in [0.717, 1.165) is 68.4 Å². The first-order chi connectivity index (χ1) is 32.5. The second-order valence-corrected chi connectivity index (χ2v) is 18.8. The van der Waals surface area contributed by atoms with Gasteiger partial charge in [0.1, 0.15) is 12.1 Å². The molecule has 2 fully saturated rings. The summed E-state index contributed by atoms with van der Waals surface area (Å²) >= 11 is 6.95. The number of esters is 2. The molecule has 2 aromatic heterocycles. The molecule has 0 aliphatic carbocycles. The van der Waals surface area contributed by atoms with Crippen molar-refractivity contribution in [2.75, 3.05) is 63.3 Å². The van der Waals surface area contributed by atoms with E-state index in [1.807, 2.05) is 36.7 Å². The molecule has 4 heterocycles. The van der Waals surface area contributed by atoms with Crippen LogP contribution in [0.1, 0.15) is 52.6 Å². The number of fused-ring (bicyclic) bond motifs is 2. The molecule has 2 unspecified atom stereocenters. The van der Waals surface area contributed by atoms with Crippen LogP contribution in [-0.2, 0) is 36.9 Å². The topological polar surface area (TPSA) is 164 Å². The van der Waals surface area contributed by atoms with Crippen LogP contribution >= 0.6 is 31.9 Å². The van der Waals surface area contributed by atoms with Crippen molar-refractivity contribution in [2.45, 2.75) is 65.2 Å². The number of anilines is 2. The number of benzene rings is 4. The second-order valence-electron chi connectivity index (χ2n) is 17.0. The third-order valence-electron chi connectivity index (χ3n) is 12.1. The zero-order chi connectivity index (χ0) is 47.5. The third-order valence-corrected chi connectivity index (χ3v) is 13.1.